The van der Waals surface area contributed by atoms with Gasteiger partial charge < -0.3 is 4.74 Å². The fourth-order valence-corrected chi connectivity index (χ4v) is 3.00. The van der Waals surface area contributed by atoms with Gasteiger partial charge in [-0.1, -0.05) is 54.6 Å². The van der Waals surface area contributed by atoms with E-state index in [4.69, 9.17) is 4.74 Å². The highest BCUT2D eigenvalue weighted by molar-refractivity contribution is 5.91. The van der Waals surface area contributed by atoms with Gasteiger partial charge in [-0.05, 0) is 29.2 Å². The van der Waals surface area contributed by atoms with Crippen LogP contribution in [0.4, 0.5) is 0 Å². The molecule has 0 radical (unpaired) electrons. The van der Waals surface area contributed by atoms with Crippen molar-refractivity contribution in [3.8, 4) is 0 Å². The first-order valence-corrected chi connectivity index (χ1v) is 7.91. The Morgan fingerprint density at radius 3 is 2.78 bits per heavy atom. The van der Waals surface area contributed by atoms with Crippen molar-refractivity contribution in [1.82, 2.24) is 4.90 Å². The summed E-state index contributed by atoms with van der Waals surface area (Å²) in [4.78, 5) is 14.3. The Labute approximate surface area is 137 Å². The van der Waals surface area contributed by atoms with Gasteiger partial charge >= 0.3 is 5.97 Å². The molecule has 0 amide bonds. The molecule has 1 aliphatic heterocycles. The lowest BCUT2D eigenvalue weighted by Gasteiger charge is -2.28. The molecule has 0 aromatic heterocycles. The number of fused-ring (bicyclic) bond motifs is 1. The molecular weight excluding hydrogens is 286 g/mol. The average Bonchev–Trinajstić information content (AvgIpc) is 2.61. The standard InChI is InChI=1S/C20H21NO2/c1-23-20(22)18-11-5-10-17-12-14-21(15-19(17)18)13-6-9-16-7-3-2-4-8-16/h2-11H,12-15H2,1H3/b9-6+. The first kappa shape index (κ1) is 15.5. The van der Waals surface area contributed by atoms with Crippen LogP contribution < -0.4 is 0 Å². The van der Waals surface area contributed by atoms with Crippen molar-refractivity contribution >= 4 is 12.0 Å². The van der Waals surface area contributed by atoms with E-state index in [1.165, 1.54) is 18.2 Å². The number of ether oxygens (including phenoxy) is 1. The molecule has 0 spiro atoms. The highest BCUT2D eigenvalue weighted by atomic mass is 16.5. The van der Waals surface area contributed by atoms with Gasteiger partial charge in [-0.2, -0.15) is 0 Å². The van der Waals surface area contributed by atoms with E-state index in [1.807, 2.05) is 30.3 Å². The molecule has 0 bridgehead atoms. The maximum absolute atomic E-state index is 11.9. The third kappa shape index (κ3) is 3.69. The zero-order valence-corrected chi connectivity index (χ0v) is 13.4. The van der Waals surface area contributed by atoms with E-state index in [0.717, 1.165) is 31.6 Å². The van der Waals surface area contributed by atoms with Crippen molar-refractivity contribution in [1.29, 1.82) is 0 Å². The molecule has 0 aliphatic carbocycles. The maximum Gasteiger partial charge on any atom is 0.338 e. The van der Waals surface area contributed by atoms with Gasteiger partial charge in [0.05, 0.1) is 12.7 Å². The molecule has 0 saturated heterocycles. The highest BCUT2D eigenvalue weighted by Crippen LogP contribution is 2.23. The van der Waals surface area contributed by atoms with E-state index in [2.05, 4.69) is 35.3 Å². The molecule has 3 rings (SSSR count). The molecule has 3 heteroatoms. The predicted octanol–water partition coefficient (Wildman–Crippen LogP) is 3.54. The second kappa shape index (κ2) is 7.25. The van der Waals surface area contributed by atoms with Crippen LogP contribution in [-0.2, 0) is 17.7 Å². The van der Waals surface area contributed by atoms with E-state index < -0.39 is 0 Å². The van der Waals surface area contributed by atoms with Gasteiger partial charge in [0.2, 0.25) is 0 Å². The molecule has 1 heterocycles. The number of nitrogens with zero attached hydrogens (tertiary/aromatic N) is 1. The third-order valence-corrected chi connectivity index (χ3v) is 4.23. The molecular formula is C20H21NO2. The summed E-state index contributed by atoms with van der Waals surface area (Å²) in [5.41, 5.74) is 4.27. The van der Waals surface area contributed by atoms with Crippen molar-refractivity contribution in [2.24, 2.45) is 0 Å². The third-order valence-electron chi connectivity index (χ3n) is 4.23. The zero-order chi connectivity index (χ0) is 16.1. The molecule has 118 valence electrons. The lowest BCUT2D eigenvalue weighted by molar-refractivity contribution is 0.0597. The molecule has 0 atom stereocenters. The van der Waals surface area contributed by atoms with E-state index in [9.17, 15) is 4.79 Å². The van der Waals surface area contributed by atoms with E-state index >= 15 is 0 Å². The first-order chi connectivity index (χ1) is 11.3. The van der Waals surface area contributed by atoms with Crippen molar-refractivity contribution in [3.63, 3.8) is 0 Å². The maximum atomic E-state index is 11.9. The second-order valence-corrected chi connectivity index (χ2v) is 5.73. The van der Waals surface area contributed by atoms with Crippen LogP contribution in [0, 0.1) is 0 Å². The quantitative estimate of drug-likeness (QED) is 0.809. The van der Waals surface area contributed by atoms with Crippen LogP contribution >= 0.6 is 0 Å². The summed E-state index contributed by atoms with van der Waals surface area (Å²) in [5.74, 6) is -0.247. The van der Waals surface area contributed by atoms with Crippen LogP contribution in [0.3, 0.4) is 0 Å². The number of hydrogen-bond acceptors (Lipinski definition) is 3. The summed E-state index contributed by atoms with van der Waals surface area (Å²) in [6, 6.07) is 16.2. The zero-order valence-electron chi connectivity index (χ0n) is 13.4. The molecule has 23 heavy (non-hydrogen) atoms. The van der Waals surface area contributed by atoms with Gasteiger partial charge in [-0.25, -0.2) is 4.79 Å². The minimum Gasteiger partial charge on any atom is -0.465 e. The van der Waals surface area contributed by atoms with Gasteiger partial charge in [0, 0.05) is 19.6 Å². The van der Waals surface area contributed by atoms with Crippen LogP contribution in [-0.4, -0.2) is 31.1 Å². The van der Waals surface area contributed by atoms with Crippen molar-refractivity contribution < 1.29 is 9.53 Å². The average molecular weight is 307 g/mol. The van der Waals surface area contributed by atoms with Gasteiger partial charge in [0.15, 0.2) is 0 Å². The van der Waals surface area contributed by atoms with Crippen LogP contribution in [0.2, 0.25) is 0 Å². The van der Waals surface area contributed by atoms with Gasteiger partial charge in [-0.3, -0.25) is 4.90 Å². The Kier molecular flexibility index (Phi) is 4.89. The molecule has 3 nitrogen and oxygen atoms in total. The number of carbonyl (C=O) groups excluding carboxylic acids is 1. The fourth-order valence-electron chi connectivity index (χ4n) is 3.00. The minimum atomic E-state index is -0.247. The van der Waals surface area contributed by atoms with E-state index in [0.29, 0.717) is 5.56 Å². The molecule has 0 fully saturated rings. The Balaban J connectivity index is 1.70. The topological polar surface area (TPSA) is 29.5 Å². The second-order valence-electron chi connectivity index (χ2n) is 5.73. The van der Waals surface area contributed by atoms with E-state index in [1.54, 1.807) is 0 Å². The summed E-state index contributed by atoms with van der Waals surface area (Å²) < 4.78 is 4.91. The number of esters is 1. The SMILES string of the molecule is COC(=O)c1cccc2c1CN(C/C=C/c1ccccc1)CC2. The van der Waals surface area contributed by atoms with Crippen LogP contribution in [0.1, 0.15) is 27.0 Å². The van der Waals surface area contributed by atoms with Gasteiger partial charge in [-0.15, -0.1) is 0 Å². The Morgan fingerprint density at radius 2 is 2.00 bits per heavy atom. The Hall–Kier alpha value is -2.39. The molecule has 2 aromatic rings. The summed E-state index contributed by atoms with van der Waals surface area (Å²) in [6.45, 7) is 2.68. The number of rotatable bonds is 4. The minimum absolute atomic E-state index is 0.247. The van der Waals surface area contributed by atoms with Crippen LogP contribution in [0.5, 0.6) is 0 Å². The lowest BCUT2D eigenvalue weighted by Crippen LogP contribution is -2.32. The largest absolute Gasteiger partial charge is 0.465 e. The fraction of sp³-hybridized carbons (Fsp3) is 0.250. The van der Waals surface area contributed by atoms with E-state index in [-0.39, 0.29) is 5.97 Å². The number of benzene rings is 2. The van der Waals surface area contributed by atoms with Gasteiger partial charge in [0.1, 0.15) is 0 Å². The number of carbonyl (C=O) groups is 1. The van der Waals surface area contributed by atoms with Gasteiger partial charge in [0.25, 0.3) is 0 Å². The number of hydrogen-bond donors (Lipinski definition) is 0. The predicted molar refractivity (Wildman–Crippen MR) is 92.2 cm³/mol. The highest BCUT2D eigenvalue weighted by Gasteiger charge is 2.21. The number of methoxy groups -OCH3 is 1. The smallest absolute Gasteiger partial charge is 0.338 e. The molecule has 0 unspecified atom stereocenters. The Bertz CT molecular complexity index is 707. The molecule has 0 N–H and O–H groups in total. The van der Waals surface area contributed by atoms with Crippen molar-refractivity contribution in [2.45, 2.75) is 13.0 Å². The van der Waals surface area contributed by atoms with Crippen molar-refractivity contribution in [2.75, 3.05) is 20.2 Å². The molecule has 0 saturated carbocycles. The Morgan fingerprint density at radius 1 is 1.17 bits per heavy atom. The van der Waals surface area contributed by atoms with Crippen LogP contribution in [0.25, 0.3) is 6.08 Å². The first-order valence-electron chi connectivity index (χ1n) is 7.91. The lowest BCUT2D eigenvalue weighted by atomic mass is 9.95. The van der Waals surface area contributed by atoms with Crippen LogP contribution in [0.15, 0.2) is 54.6 Å². The normalized spacial score (nSPS) is 14.7. The molecule has 2 aromatic carbocycles. The summed E-state index contributed by atoms with van der Waals surface area (Å²) in [5, 5.41) is 0. The summed E-state index contributed by atoms with van der Waals surface area (Å²) in [6.07, 6.45) is 5.29. The summed E-state index contributed by atoms with van der Waals surface area (Å²) in [7, 11) is 1.44. The monoisotopic (exact) mass is 307 g/mol. The van der Waals surface area contributed by atoms with Crippen molar-refractivity contribution in [3.05, 3.63) is 76.9 Å². The molecule has 1 aliphatic rings. The summed E-state index contributed by atoms with van der Waals surface area (Å²) >= 11 is 0.